The Morgan fingerprint density at radius 3 is 1.84 bits per heavy atom. The van der Waals surface area contributed by atoms with E-state index in [-0.39, 0.29) is 12.2 Å². The summed E-state index contributed by atoms with van der Waals surface area (Å²) in [6.45, 7) is 3.32. The van der Waals surface area contributed by atoms with Gasteiger partial charge < -0.3 is 42.1 Å². The first-order valence-corrected chi connectivity index (χ1v) is 11.4. The second kappa shape index (κ2) is 14.4. The average molecular weight is 525 g/mol. The number of carbonyl (C=O) groups is 6. The molecule has 0 aliphatic heterocycles. The molecule has 0 aliphatic rings. The molecule has 0 bridgehead atoms. The number of hydrogen-bond donors (Lipinski definition) is 8. The van der Waals surface area contributed by atoms with Crippen LogP contribution in [-0.2, 0) is 35.2 Å². The molecule has 3 amide bonds. The molecule has 14 heteroatoms. The molecule has 0 spiro atoms. The highest BCUT2D eigenvalue weighted by Gasteiger charge is 2.33. The van der Waals surface area contributed by atoms with E-state index in [0.29, 0.717) is 12.0 Å². The molecule has 5 atom stereocenters. The van der Waals surface area contributed by atoms with Crippen LogP contribution in [0, 0.1) is 5.92 Å². The van der Waals surface area contributed by atoms with E-state index in [4.69, 9.17) is 15.9 Å². The normalized spacial score (nSPS) is 14.8. The molecule has 1 aromatic rings. The molecular weight excluding hydrogens is 492 g/mol. The fourth-order valence-corrected chi connectivity index (χ4v) is 3.23. The molecule has 5 unspecified atom stereocenters. The summed E-state index contributed by atoms with van der Waals surface area (Å²) in [7, 11) is 0. The van der Waals surface area contributed by atoms with Crippen LogP contribution in [0.25, 0.3) is 0 Å². The van der Waals surface area contributed by atoms with E-state index in [1.807, 2.05) is 0 Å². The monoisotopic (exact) mass is 524 g/mol. The van der Waals surface area contributed by atoms with Crippen LogP contribution in [0.4, 0.5) is 0 Å². The number of carboxylic acid groups (broad SMARTS) is 3. The molecule has 14 nitrogen and oxygen atoms in total. The van der Waals surface area contributed by atoms with Crippen LogP contribution < -0.4 is 21.7 Å². The topological polar surface area (TPSA) is 245 Å². The van der Waals surface area contributed by atoms with Gasteiger partial charge in [0.2, 0.25) is 17.7 Å². The first kappa shape index (κ1) is 30.8. The molecule has 204 valence electrons. The van der Waals surface area contributed by atoms with Gasteiger partial charge in [-0.3, -0.25) is 24.0 Å². The molecule has 0 saturated carbocycles. The standard InChI is InChI=1S/C23H32N4O10/c1-3-11(2)19(22(35)26-16(23(36)37)10-18(31)32)27-21(34)15(8-12-4-6-13(28)7-5-12)25-20(33)14(24)9-17(29)30/h4-7,11,14-16,19,28H,3,8-10,24H2,1-2H3,(H,25,33)(H,26,35)(H,27,34)(H,29,30)(H,31,32)(H,36,37). The van der Waals surface area contributed by atoms with Gasteiger partial charge in [-0.2, -0.15) is 0 Å². The maximum atomic E-state index is 13.2. The summed E-state index contributed by atoms with van der Waals surface area (Å²) in [5, 5.41) is 43.5. The maximum Gasteiger partial charge on any atom is 0.326 e. The minimum atomic E-state index is -1.74. The highest BCUT2D eigenvalue weighted by Crippen LogP contribution is 2.13. The number of aliphatic carboxylic acids is 3. The van der Waals surface area contributed by atoms with Gasteiger partial charge in [-0.15, -0.1) is 0 Å². The van der Waals surface area contributed by atoms with Crippen molar-refractivity contribution >= 4 is 35.6 Å². The minimum Gasteiger partial charge on any atom is -0.508 e. The minimum absolute atomic E-state index is 0.0416. The van der Waals surface area contributed by atoms with Crippen molar-refractivity contribution in [2.24, 2.45) is 11.7 Å². The number of carboxylic acids is 3. The Labute approximate surface area is 212 Å². The number of carbonyl (C=O) groups excluding carboxylic acids is 3. The quantitative estimate of drug-likeness (QED) is 0.135. The van der Waals surface area contributed by atoms with Crippen molar-refractivity contribution in [2.75, 3.05) is 0 Å². The Morgan fingerprint density at radius 2 is 1.35 bits per heavy atom. The van der Waals surface area contributed by atoms with Crippen LogP contribution >= 0.6 is 0 Å². The molecule has 0 saturated heterocycles. The van der Waals surface area contributed by atoms with E-state index in [1.54, 1.807) is 13.8 Å². The smallest absolute Gasteiger partial charge is 0.326 e. The number of hydrogen-bond acceptors (Lipinski definition) is 8. The number of benzene rings is 1. The molecule has 0 heterocycles. The summed E-state index contributed by atoms with van der Waals surface area (Å²) < 4.78 is 0. The van der Waals surface area contributed by atoms with Crippen LogP contribution in [0.5, 0.6) is 5.75 Å². The lowest BCUT2D eigenvalue weighted by Gasteiger charge is -2.28. The Kier molecular flexibility index (Phi) is 12.0. The number of aromatic hydroxyl groups is 1. The zero-order chi connectivity index (χ0) is 28.3. The van der Waals surface area contributed by atoms with Crippen molar-refractivity contribution in [3.05, 3.63) is 29.8 Å². The van der Waals surface area contributed by atoms with Crippen LogP contribution in [-0.4, -0.2) is 80.2 Å². The summed E-state index contributed by atoms with van der Waals surface area (Å²) in [6, 6.07) is -0.144. The van der Waals surface area contributed by atoms with Crippen molar-refractivity contribution in [2.45, 2.75) is 63.7 Å². The van der Waals surface area contributed by atoms with Gasteiger partial charge in [-0.05, 0) is 23.6 Å². The lowest BCUT2D eigenvalue weighted by molar-refractivity contribution is -0.147. The number of amides is 3. The SMILES string of the molecule is CCC(C)C(NC(=O)C(Cc1ccc(O)cc1)NC(=O)C(N)CC(=O)O)C(=O)NC(CC(=O)O)C(=O)O. The van der Waals surface area contributed by atoms with Gasteiger partial charge in [0.1, 0.15) is 23.9 Å². The van der Waals surface area contributed by atoms with E-state index in [0.717, 1.165) is 0 Å². The van der Waals surface area contributed by atoms with Crippen LogP contribution in [0.15, 0.2) is 24.3 Å². The molecule has 1 rings (SSSR count). The Hall–Kier alpha value is -4.20. The third kappa shape index (κ3) is 10.5. The molecule has 37 heavy (non-hydrogen) atoms. The molecule has 9 N–H and O–H groups in total. The first-order chi connectivity index (χ1) is 17.2. The largest absolute Gasteiger partial charge is 0.508 e. The average Bonchev–Trinajstić information content (AvgIpc) is 2.81. The van der Waals surface area contributed by atoms with E-state index >= 15 is 0 Å². The van der Waals surface area contributed by atoms with E-state index in [1.165, 1.54) is 24.3 Å². The number of rotatable bonds is 15. The molecule has 0 aromatic heterocycles. The van der Waals surface area contributed by atoms with Gasteiger partial charge in [-0.25, -0.2) is 4.79 Å². The van der Waals surface area contributed by atoms with E-state index in [2.05, 4.69) is 16.0 Å². The highest BCUT2D eigenvalue weighted by atomic mass is 16.4. The third-order valence-corrected chi connectivity index (χ3v) is 5.53. The molecule has 0 radical (unpaired) electrons. The predicted molar refractivity (Wildman–Crippen MR) is 127 cm³/mol. The van der Waals surface area contributed by atoms with Crippen LogP contribution in [0.3, 0.4) is 0 Å². The Morgan fingerprint density at radius 1 is 0.811 bits per heavy atom. The summed E-state index contributed by atoms with van der Waals surface area (Å²) in [4.78, 5) is 71.7. The summed E-state index contributed by atoms with van der Waals surface area (Å²) >= 11 is 0. The van der Waals surface area contributed by atoms with Crippen molar-refractivity contribution in [3.8, 4) is 5.75 Å². The summed E-state index contributed by atoms with van der Waals surface area (Å²) in [5.74, 6) is -7.64. The fourth-order valence-electron chi connectivity index (χ4n) is 3.23. The van der Waals surface area contributed by atoms with Gasteiger partial charge in [-0.1, -0.05) is 32.4 Å². The predicted octanol–water partition coefficient (Wildman–Crippen LogP) is -1.20. The van der Waals surface area contributed by atoms with Crippen molar-refractivity contribution < 1.29 is 49.2 Å². The van der Waals surface area contributed by atoms with E-state index in [9.17, 15) is 39.0 Å². The number of phenolic OH excluding ortho intramolecular Hbond substituents is 1. The van der Waals surface area contributed by atoms with Gasteiger partial charge in [0, 0.05) is 6.42 Å². The van der Waals surface area contributed by atoms with Gasteiger partial charge >= 0.3 is 17.9 Å². The van der Waals surface area contributed by atoms with Crippen molar-refractivity contribution in [1.29, 1.82) is 0 Å². The molecular formula is C23H32N4O10. The van der Waals surface area contributed by atoms with Crippen molar-refractivity contribution in [1.82, 2.24) is 16.0 Å². The lowest BCUT2D eigenvalue weighted by atomic mass is 9.96. The lowest BCUT2D eigenvalue weighted by Crippen LogP contribution is -2.59. The maximum absolute atomic E-state index is 13.2. The first-order valence-electron chi connectivity index (χ1n) is 11.4. The Bertz CT molecular complexity index is 998. The van der Waals surface area contributed by atoms with Crippen LogP contribution in [0.1, 0.15) is 38.7 Å². The molecule has 1 aromatic carbocycles. The summed E-state index contributed by atoms with van der Waals surface area (Å²) in [5.41, 5.74) is 6.10. The second-order valence-corrected chi connectivity index (χ2v) is 8.51. The van der Waals surface area contributed by atoms with E-state index < -0.39 is 78.6 Å². The van der Waals surface area contributed by atoms with Gasteiger partial charge in [0.25, 0.3) is 0 Å². The zero-order valence-corrected chi connectivity index (χ0v) is 20.3. The van der Waals surface area contributed by atoms with Gasteiger partial charge in [0.05, 0.1) is 18.9 Å². The second-order valence-electron chi connectivity index (χ2n) is 8.51. The fraction of sp³-hybridized carbons (Fsp3) is 0.478. The number of nitrogens with one attached hydrogen (secondary N) is 3. The molecule has 0 fully saturated rings. The third-order valence-electron chi connectivity index (χ3n) is 5.53. The van der Waals surface area contributed by atoms with Crippen molar-refractivity contribution in [3.63, 3.8) is 0 Å². The Balaban J connectivity index is 3.18. The summed E-state index contributed by atoms with van der Waals surface area (Å²) in [6.07, 6.45) is -1.34. The molecule has 0 aliphatic carbocycles. The van der Waals surface area contributed by atoms with Gasteiger partial charge in [0.15, 0.2) is 0 Å². The zero-order valence-electron chi connectivity index (χ0n) is 20.3. The van der Waals surface area contributed by atoms with Crippen LogP contribution in [0.2, 0.25) is 0 Å². The number of nitrogens with two attached hydrogens (primary N) is 1. The number of phenols is 1. The highest BCUT2D eigenvalue weighted by molar-refractivity contribution is 5.95.